The molecule has 3 nitrogen and oxygen atoms in total. The zero-order chi connectivity index (χ0) is 16.9. The number of hydrogen-bond acceptors (Lipinski definition) is 2. The highest BCUT2D eigenvalue weighted by atomic mass is 32.1. The molecule has 1 heterocycles. The van der Waals surface area contributed by atoms with E-state index in [1.807, 2.05) is 30.3 Å². The van der Waals surface area contributed by atoms with Gasteiger partial charge in [0.2, 0.25) is 0 Å². The lowest BCUT2D eigenvalue weighted by molar-refractivity contribution is 0.175. The quantitative estimate of drug-likeness (QED) is 0.857. The molecule has 0 unspecified atom stereocenters. The van der Waals surface area contributed by atoms with Gasteiger partial charge in [-0.05, 0) is 36.8 Å². The standard InChI is InChI=1S/C19H22FN3S/c1-15-6-2-5-9-18(15)21-19(24)23-12-10-22(11-13-23)14-16-7-3-4-8-17(16)20/h2-9H,10-14H2,1H3,(H,21,24). The number of nitrogens with one attached hydrogen (secondary N) is 1. The number of aryl methyl sites for hydroxylation is 1. The topological polar surface area (TPSA) is 18.5 Å². The molecule has 0 spiro atoms. The summed E-state index contributed by atoms with van der Waals surface area (Å²) in [6.07, 6.45) is 0. The minimum atomic E-state index is -0.128. The van der Waals surface area contributed by atoms with E-state index in [1.165, 1.54) is 11.6 Å². The first-order chi connectivity index (χ1) is 11.6. The normalized spacial score (nSPS) is 15.3. The van der Waals surface area contributed by atoms with E-state index in [2.05, 4.69) is 28.1 Å². The molecule has 5 heteroatoms. The lowest BCUT2D eigenvalue weighted by Gasteiger charge is -2.36. The summed E-state index contributed by atoms with van der Waals surface area (Å²) in [6, 6.07) is 15.1. The molecule has 0 aliphatic carbocycles. The maximum absolute atomic E-state index is 13.8. The van der Waals surface area contributed by atoms with Crippen molar-refractivity contribution in [2.75, 3.05) is 31.5 Å². The van der Waals surface area contributed by atoms with Gasteiger partial charge in [-0.2, -0.15) is 0 Å². The molecule has 126 valence electrons. The van der Waals surface area contributed by atoms with Crippen molar-refractivity contribution in [1.82, 2.24) is 9.80 Å². The van der Waals surface area contributed by atoms with E-state index < -0.39 is 0 Å². The van der Waals surface area contributed by atoms with E-state index in [0.29, 0.717) is 6.54 Å². The molecule has 0 aromatic heterocycles. The Balaban J connectivity index is 1.52. The van der Waals surface area contributed by atoms with Gasteiger partial charge >= 0.3 is 0 Å². The molecule has 1 N–H and O–H groups in total. The molecule has 1 fully saturated rings. The number of hydrogen-bond donors (Lipinski definition) is 1. The van der Waals surface area contributed by atoms with Gasteiger partial charge in [-0.15, -0.1) is 0 Å². The third kappa shape index (κ3) is 4.10. The number of para-hydroxylation sites is 1. The average molecular weight is 343 g/mol. The van der Waals surface area contributed by atoms with Gasteiger partial charge in [-0.25, -0.2) is 4.39 Å². The van der Waals surface area contributed by atoms with Crippen LogP contribution in [0.25, 0.3) is 0 Å². The molecule has 2 aromatic carbocycles. The zero-order valence-electron chi connectivity index (χ0n) is 13.8. The van der Waals surface area contributed by atoms with Crippen molar-refractivity contribution < 1.29 is 4.39 Å². The Labute approximate surface area is 148 Å². The van der Waals surface area contributed by atoms with Crippen LogP contribution >= 0.6 is 12.2 Å². The fourth-order valence-electron chi connectivity index (χ4n) is 2.88. The molecule has 0 atom stereocenters. The predicted molar refractivity (Wildman–Crippen MR) is 101 cm³/mol. The van der Waals surface area contributed by atoms with E-state index >= 15 is 0 Å². The largest absolute Gasteiger partial charge is 0.346 e. The van der Waals surface area contributed by atoms with E-state index in [0.717, 1.165) is 42.5 Å². The van der Waals surface area contributed by atoms with E-state index in [1.54, 1.807) is 6.07 Å². The molecule has 0 radical (unpaired) electrons. The molecular formula is C19H22FN3S. The molecule has 0 bridgehead atoms. The van der Waals surface area contributed by atoms with Gasteiger partial charge < -0.3 is 10.2 Å². The Bertz CT molecular complexity index is 711. The van der Waals surface area contributed by atoms with Gasteiger partial charge in [0, 0.05) is 44.0 Å². The van der Waals surface area contributed by atoms with E-state index in [4.69, 9.17) is 12.2 Å². The first-order valence-corrected chi connectivity index (χ1v) is 8.61. The SMILES string of the molecule is Cc1ccccc1NC(=S)N1CCN(Cc2ccccc2F)CC1. The maximum Gasteiger partial charge on any atom is 0.173 e. The van der Waals surface area contributed by atoms with Gasteiger partial charge in [-0.3, -0.25) is 4.90 Å². The second-order valence-corrected chi connectivity index (χ2v) is 6.49. The lowest BCUT2D eigenvalue weighted by atomic mass is 10.2. The summed E-state index contributed by atoms with van der Waals surface area (Å²) in [5, 5.41) is 4.09. The van der Waals surface area contributed by atoms with Crippen LogP contribution in [-0.2, 0) is 6.54 Å². The van der Waals surface area contributed by atoms with Crippen LogP contribution in [0.3, 0.4) is 0 Å². The van der Waals surface area contributed by atoms with Crippen LogP contribution in [0.1, 0.15) is 11.1 Å². The highest BCUT2D eigenvalue weighted by molar-refractivity contribution is 7.80. The van der Waals surface area contributed by atoms with Gasteiger partial charge in [0.1, 0.15) is 5.82 Å². The van der Waals surface area contributed by atoms with Gasteiger partial charge in [0.25, 0.3) is 0 Å². The number of nitrogens with zero attached hydrogens (tertiary/aromatic N) is 2. The Morgan fingerprint density at radius 3 is 2.42 bits per heavy atom. The number of thiocarbonyl (C=S) groups is 1. The molecule has 0 saturated carbocycles. The van der Waals surface area contributed by atoms with Crippen LogP contribution in [0, 0.1) is 12.7 Å². The molecule has 0 amide bonds. The fraction of sp³-hybridized carbons (Fsp3) is 0.316. The van der Waals surface area contributed by atoms with E-state index in [9.17, 15) is 4.39 Å². The summed E-state index contributed by atoms with van der Waals surface area (Å²) in [7, 11) is 0. The second kappa shape index (κ2) is 7.73. The minimum absolute atomic E-state index is 0.128. The fourth-order valence-corrected chi connectivity index (χ4v) is 3.18. The molecular weight excluding hydrogens is 321 g/mol. The Hall–Kier alpha value is -1.98. The van der Waals surface area contributed by atoms with Gasteiger partial charge in [-0.1, -0.05) is 36.4 Å². The predicted octanol–water partition coefficient (Wildman–Crippen LogP) is 3.65. The summed E-state index contributed by atoms with van der Waals surface area (Å²) >= 11 is 5.54. The summed E-state index contributed by atoms with van der Waals surface area (Å²) < 4.78 is 13.8. The van der Waals surface area contributed by atoms with Gasteiger partial charge in [0.15, 0.2) is 5.11 Å². The number of benzene rings is 2. The van der Waals surface area contributed by atoms with E-state index in [-0.39, 0.29) is 5.82 Å². The van der Waals surface area contributed by atoms with Crippen LogP contribution < -0.4 is 5.32 Å². The highest BCUT2D eigenvalue weighted by Crippen LogP contribution is 2.16. The number of rotatable bonds is 3. The van der Waals surface area contributed by atoms with Crippen molar-refractivity contribution in [3.8, 4) is 0 Å². The third-order valence-corrected chi connectivity index (χ3v) is 4.76. The van der Waals surface area contributed by atoms with Crippen LogP contribution in [0.15, 0.2) is 48.5 Å². The van der Waals surface area contributed by atoms with Gasteiger partial charge in [0.05, 0.1) is 0 Å². The molecule has 1 saturated heterocycles. The van der Waals surface area contributed by atoms with Crippen molar-refractivity contribution in [3.05, 3.63) is 65.5 Å². The Morgan fingerprint density at radius 1 is 1.04 bits per heavy atom. The second-order valence-electron chi connectivity index (χ2n) is 6.10. The third-order valence-electron chi connectivity index (χ3n) is 4.40. The molecule has 1 aliphatic rings. The molecule has 24 heavy (non-hydrogen) atoms. The smallest absolute Gasteiger partial charge is 0.173 e. The summed E-state index contributed by atoms with van der Waals surface area (Å²) in [4.78, 5) is 4.45. The van der Waals surface area contributed by atoms with Crippen LogP contribution in [-0.4, -0.2) is 41.1 Å². The zero-order valence-corrected chi connectivity index (χ0v) is 14.7. The number of anilines is 1. The van der Waals surface area contributed by atoms with Crippen molar-refractivity contribution in [2.24, 2.45) is 0 Å². The summed E-state index contributed by atoms with van der Waals surface area (Å²) in [5.41, 5.74) is 2.99. The minimum Gasteiger partial charge on any atom is -0.346 e. The first kappa shape index (κ1) is 16.9. The lowest BCUT2D eigenvalue weighted by Crippen LogP contribution is -2.49. The first-order valence-electron chi connectivity index (χ1n) is 8.21. The number of piperazine rings is 1. The average Bonchev–Trinajstić information content (AvgIpc) is 2.59. The Morgan fingerprint density at radius 2 is 1.71 bits per heavy atom. The Kier molecular flexibility index (Phi) is 5.43. The van der Waals surface area contributed by atoms with Crippen LogP contribution in [0.5, 0.6) is 0 Å². The summed E-state index contributed by atoms with van der Waals surface area (Å²) in [5.74, 6) is -0.128. The van der Waals surface area contributed by atoms with Crippen molar-refractivity contribution in [3.63, 3.8) is 0 Å². The maximum atomic E-state index is 13.8. The van der Waals surface area contributed by atoms with Crippen molar-refractivity contribution >= 4 is 23.0 Å². The van der Waals surface area contributed by atoms with Crippen LogP contribution in [0.4, 0.5) is 10.1 Å². The molecule has 3 rings (SSSR count). The van der Waals surface area contributed by atoms with Crippen molar-refractivity contribution in [1.29, 1.82) is 0 Å². The molecule has 2 aromatic rings. The number of halogens is 1. The summed E-state index contributed by atoms with van der Waals surface area (Å²) in [6.45, 7) is 6.18. The van der Waals surface area contributed by atoms with Crippen LogP contribution in [0.2, 0.25) is 0 Å². The molecule has 1 aliphatic heterocycles. The van der Waals surface area contributed by atoms with Crippen molar-refractivity contribution in [2.45, 2.75) is 13.5 Å². The highest BCUT2D eigenvalue weighted by Gasteiger charge is 2.20. The monoisotopic (exact) mass is 343 g/mol.